The molecule has 0 aromatic carbocycles. The zero-order valence-electron chi connectivity index (χ0n) is 9.16. The molecule has 0 saturated carbocycles. The van der Waals surface area contributed by atoms with E-state index in [2.05, 4.69) is 42.9 Å². The van der Waals surface area contributed by atoms with Gasteiger partial charge < -0.3 is 4.98 Å². The predicted octanol–water partition coefficient (Wildman–Crippen LogP) is 3.68. The Kier molecular flexibility index (Phi) is 2.57. The van der Waals surface area contributed by atoms with Gasteiger partial charge in [-0.2, -0.15) is 0 Å². The zero-order chi connectivity index (χ0) is 11.0. The van der Waals surface area contributed by atoms with E-state index in [1.54, 1.807) is 0 Å². The molecule has 1 N–H and O–H groups in total. The van der Waals surface area contributed by atoms with Crippen LogP contribution in [-0.2, 0) is 0 Å². The second kappa shape index (κ2) is 3.74. The van der Waals surface area contributed by atoms with Gasteiger partial charge in [0.25, 0.3) is 0 Å². The lowest BCUT2D eigenvalue weighted by molar-refractivity contribution is 0.851. The van der Waals surface area contributed by atoms with Crippen molar-refractivity contribution < 1.29 is 0 Å². The monoisotopic (exact) mass is 218 g/mol. The minimum Gasteiger partial charge on any atom is -0.346 e. The summed E-state index contributed by atoms with van der Waals surface area (Å²) in [5, 5.41) is 0. The summed E-state index contributed by atoms with van der Waals surface area (Å²) in [5.41, 5.74) is 3.54. The van der Waals surface area contributed by atoms with Gasteiger partial charge in [0.15, 0.2) is 0 Å². The third-order valence-electron chi connectivity index (χ3n) is 2.62. The second-order valence-electron chi connectivity index (χ2n) is 4.09. The highest BCUT2D eigenvalue weighted by molar-refractivity contribution is 7.71. The number of aromatic amines is 1. The van der Waals surface area contributed by atoms with E-state index in [1.165, 1.54) is 5.56 Å². The highest BCUT2D eigenvalue weighted by Crippen LogP contribution is 2.26. The van der Waals surface area contributed by atoms with Gasteiger partial charge in [0.1, 0.15) is 10.5 Å². The molecule has 15 heavy (non-hydrogen) atoms. The van der Waals surface area contributed by atoms with Gasteiger partial charge in [-0.1, -0.05) is 26.1 Å². The van der Waals surface area contributed by atoms with Crippen LogP contribution in [0.5, 0.6) is 0 Å². The molecule has 3 heteroatoms. The molecule has 2 aliphatic heterocycles. The normalized spacial score (nSPS) is 11.2. The molecule has 2 rings (SSSR count). The van der Waals surface area contributed by atoms with Crippen LogP contribution in [0.15, 0.2) is 18.3 Å². The number of nitrogens with one attached hydrogen (secondary N) is 1. The van der Waals surface area contributed by atoms with Crippen LogP contribution in [0.4, 0.5) is 0 Å². The molecular weight excluding hydrogens is 204 g/mol. The van der Waals surface area contributed by atoms with Crippen LogP contribution in [0.2, 0.25) is 0 Å². The fourth-order valence-electron chi connectivity index (χ4n) is 1.67. The van der Waals surface area contributed by atoms with E-state index < -0.39 is 0 Å². The van der Waals surface area contributed by atoms with Crippen LogP contribution >= 0.6 is 12.2 Å². The summed E-state index contributed by atoms with van der Waals surface area (Å²) >= 11 is 5.27. The van der Waals surface area contributed by atoms with Gasteiger partial charge in [-0.3, -0.25) is 0 Å². The molecule has 0 aromatic rings. The average Bonchev–Trinajstić information content (AvgIpc) is 2.16. The van der Waals surface area contributed by atoms with E-state index in [-0.39, 0.29) is 0 Å². The highest BCUT2D eigenvalue weighted by Gasteiger charge is 2.11. The Hall–Kier alpha value is -1.22. The fraction of sp³-hybridized carbons (Fsp3) is 0.333. The number of pyridine rings is 2. The van der Waals surface area contributed by atoms with Crippen LogP contribution in [0.25, 0.3) is 11.4 Å². The standard InChI is InChI=1S/C12H14N2S/c1-7(2)9-6-10-8(3)4-5-13-11(10)14-12(9)15/h4-7H,1-3H3,(H,13,14,15). The van der Waals surface area contributed by atoms with Crippen LogP contribution in [0.1, 0.15) is 30.9 Å². The first-order chi connectivity index (χ1) is 7.09. The summed E-state index contributed by atoms with van der Waals surface area (Å²) in [4.78, 5) is 7.54. The lowest BCUT2D eigenvalue weighted by atomic mass is 10.0. The van der Waals surface area contributed by atoms with Crippen LogP contribution in [-0.4, -0.2) is 9.97 Å². The van der Waals surface area contributed by atoms with Crippen LogP contribution in [0, 0.1) is 11.6 Å². The molecule has 0 aromatic heterocycles. The van der Waals surface area contributed by atoms with Gasteiger partial charge >= 0.3 is 0 Å². The first-order valence-corrected chi connectivity index (χ1v) is 5.49. The van der Waals surface area contributed by atoms with Crippen molar-refractivity contribution in [2.75, 3.05) is 0 Å². The van der Waals surface area contributed by atoms with Gasteiger partial charge in [-0.25, -0.2) is 4.98 Å². The molecule has 0 atom stereocenters. The summed E-state index contributed by atoms with van der Waals surface area (Å²) in [6, 6.07) is 4.21. The lowest BCUT2D eigenvalue weighted by Gasteiger charge is -2.12. The first kappa shape index (κ1) is 10.3. The average molecular weight is 218 g/mol. The fourth-order valence-corrected chi connectivity index (χ4v) is 2.06. The Morgan fingerprint density at radius 2 is 2.13 bits per heavy atom. The Morgan fingerprint density at radius 1 is 1.40 bits per heavy atom. The molecule has 0 unspecified atom stereocenters. The minimum absolute atomic E-state index is 0.425. The maximum atomic E-state index is 5.27. The van der Waals surface area contributed by atoms with E-state index in [9.17, 15) is 0 Å². The summed E-state index contributed by atoms with van der Waals surface area (Å²) in [5.74, 6) is 1.30. The number of hydrogen-bond donors (Lipinski definition) is 1. The third kappa shape index (κ3) is 1.79. The molecule has 0 saturated heterocycles. The van der Waals surface area contributed by atoms with Crippen molar-refractivity contribution in [1.82, 2.24) is 9.97 Å². The van der Waals surface area contributed by atoms with Gasteiger partial charge in [0.2, 0.25) is 0 Å². The van der Waals surface area contributed by atoms with Gasteiger partial charge in [-0.15, -0.1) is 0 Å². The Morgan fingerprint density at radius 3 is 2.80 bits per heavy atom. The maximum absolute atomic E-state index is 5.27. The van der Waals surface area contributed by atoms with Gasteiger partial charge in [0.05, 0.1) is 0 Å². The van der Waals surface area contributed by atoms with E-state index in [4.69, 9.17) is 12.2 Å². The SMILES string of the molecule is Cc1cc[nH]c2nc(=S)c(C(C)C)cc1-2. The lowest BCUT2D eigenvalue weighted by Crippen LogP contribution is -1.99. The number of aromatic nitrogens is 2. The number of aryl methyl sites for hydroxylation is 1. The maximum Gasteiger partial charge on any atom is 0.139 e. The highest BCUT2D eigenvalue weighted by atomic mass is 32.1. The third-order valence-corrected chi connectivity index (χ3v) is 2.94. The van der Waals surface area contributed by atoms with Gasteiger partial charge in [-0.05, 0) is 36.1 Å². The van der Waals surface area contributed by atoms with Crippen molar-refractivity contribution in [3.8, 4) is 11.4 Å². The van der Waals surface area contributed by atoms with Crippen LogP contribution in [0.3, 0.4) is 0 Å². The van der Waals surface area contributed by atoms with Crippen molar-refractivity contribution in [3.63, 3.8) is 0 Å². The molecule has 0 fully saturated rings. The number of fused-ring (bicyclic) bond motifs is 1. The smallest absolute Gasteiger partial charge is 0.139 e. The van der Waals surface area contributed by atoms with E-state index in [1.807, 2.05) is 6.20 Å². The Balaban J connectivity index is 2.79. The largest absolute Gasteiger partial charge is 0.346 e. The van der Waals surface area contributed by atoms with Gasteiger partial charge in [0, 0.05) is 11.8 Å². The molecule has 0 radical (unpaired) electrons. The van der Waals surface area contributed by atoms with Crippen molar-refractivity contribution in [1.29, 1.82) is 0 Å². The molecule has 0 amide bonds. The minimum atomic E-state index is 0.425. The first-order valence-electron chi connectivity index (χ1n) is 5.08. The number of hydrogen-bond acceptors (Lipinski definition) is 2. The van der Waals surface area contributed by atoms with E-state index >= 15 is 0 Å². The molecule has 2 aliphatic rings. The quantitative estimate of drug-likeness (QED) is 0.740. The molecule has 78 valence electrons. The number of rotatable bonds is 1. The molecule has 0 spiro atoms. The summed E-state index contributed by atoms with van der Waals surface area (Å²) < 4.78 is 0.708. The predicted molar refractivity (Wildman–Crippen MR) is 64.9 cm³/mol. The summed E-state index contributed by atoms with van der Waals surface area (Å²) in [7, 11) is 0. The molecule has 0 aliphatic carbocycles. The summed E-state index contributed by atoms with van der Waals surface area (Å²) in [6.45, 7) is 6.37. The van der Waals surface area contributed by atoms with E-state index in [0.717, 1.165) is 17.0 Å². The van der Waals surface area contributed by atoms with Crippen molar-refractivity contribution >= 4 is 12.2 Å². The molecule has 2 heterocycles. The number of H-pyrrole nitrogens is 1. The second-order valence-corrected chi connectivity index (χ2v) is 4.48. The van der Waals surface area contributed by atoms with Crippen molar-refractivity contribution in [2.45, 2.75) is 26.7 Å². The molecule has 0 bridgehead atoms. The summed E-state index contributed by atoms with van der Waals surface area (Å²) in [6.07, 6.45) is 1.90. The van der Waals surface area contributed by atoms with Crippen molar-refractivity contribution in [3.05, 3.63) is 34.1 Å². The topological polar surface area (TPSA) is 28.7 Å². The Labute approximate surface area is 94.7 Å². The number of nitrogens with zero attached hydrogens (tertiary/aromatic N) is 1. The van der Waals surface area contributed by atoms with Crippen LogP contribution < -0.4 is 0 Å². The molecule has 2 nitrogen and oxygen atoms in total. The van der Waals surface area contributed by atoms with Crippen molar-refractivity contribution in [2.24, 2.45) is 0 Å². The zero-order valence-corrected chi connectivity index (χ0v) is 9.98. The molecular formula is C12H14N2S. The Bertz CT molecular complexity index is 514. The van der Waals surface area contributed by atoms with E-state index in [0.29, 0.717) is 10.6 Å².